The van der Waals surface area contributed by atoms with Crippen LogP contribution in [-0.2, 0) is 4.74 Å². The Morgan fingerprint density at radius 1 is 1.28 bits per heavy atom. The van der Waals surface area contributed by atoms with Crippen LogP contribution in [0.5, 0.6) is 0 Å². The summed E-state index contributed by atoms with van der Waals surface area (Å²) in [5.74, 6) is -1.50. The summed E-state index contributed by atoms with van der Waals surface area (Å²) in [6.07, 6.45) is 1.96. The van der Waals surface area contributed by atoms with Gasteiger partial charge >= 0.3 is 5.97 Å². The zero-order valence-electron chi connectivity index (χ0n) is 13.4. The molecule has 0 radical (unpaired) electrons. The number of aromatic nitrogens is 2. The highest BCUT2D eigenvalue weighted by molar-refractivity contribution is 6.30. The van der Waals surface area contributed by atoms with Crippen molar-refractivity contribution in [3.63, 3.8) is 0 Å². The molecule has 2 atom stereocenters. The average Bonchev–Trinajstić information content (AvgIpc) is 2.61. The number of carboxylic acids is 1. The smallest absolute Gasteiger partial charge is 0.356 e. The van der Waals surface area contributed by atoms with Crippen LogP contribution in [0.15, 0.2) is 36.7 Å². The van der Waals surface area contributed by atoms with Crippen molar-refractivity contribution in [1.29, 1.82) is 0 Å². The Morgan fingerprint density at radius 3 is 2.64 bits per heavy atom. The standard InChI is InChI=1S/C17H16ClN3O4/c1-10-15(11-3-2-4-12(18)7-11)25-6-5-21(10)16(22)13-8-20-14(9-19-13)17(23)24/h2-4,7-10,15H,5-6H2,1H3,(H,23,24)/t10-,15+/m1/s1. The van der Waals surface area contributed by atoms with E-state index in [0.717, 1.165) is 11.8 Å². The molecule has 2 aromatic rings. The molecule has 1 aromatic carbocycles. The lowest BCUT2D eigenvalue weighted by Crippen LogP contribution is -2.48. The molecule has 1 N–H and O–H groups in total. The lowest BCUT2D eigenvalue weighted by Gasteiger charge is -2.39. The summed E-state index contributed by atoms with van der Waals surface area (Å²) in [5.41, 5.74) is 0.789. The fourth-order valence-electron chi connectivity index (χ4n) is 2.83. The maximum absolute atomic E-state index is 12.7. The molecule has 0 unspecified atom stereocenters. The summed E-state index contributed by atoms with van der Waals surface area (Å²) >= 11 is 6.04. The minimum absolute atomic E-state index is 0.101. The number of amides is 1. The largest absolute Gasteiger partial charge is 0.476 e. The van der Waals surface area contributed by atoms with Gasteiger partial charge in [-0.25, -0.2) is 14.8 Å². The van der Waals surface area contributed by atoms with Crippen LogP contribution in [-0.4, -0.2) is 51.0 Å². The van der Waals surface area contributed by atoms with Crippen LogP contribution >= 0.6 is 11.6 Å². The Bertz CT molecular complexity index is 797. The molecule has 3 rings (SSSR count). The number of benzene rings is 1. The summed E-state index contributed by atoms with van der Waals surface area (Å²) in [7, 11) is 0. The summed E-state index contributed by atoms with van der Waals surface area (Å²) < 4.78 is 5.83. The first-order valence-electron chi connectivity index (χ1n) is 7.70. The van der Waals surface area contributed by atoms with E-state index >= 15 is 0 Å². The van der Waals surface area contributed by atoms with Crippen molar-refractivity contribution in [1.82, 2.24) is 14.9 Å². The topological polar surface area (TPSA) is 92.6 Å². The monoisotopic (exact) mass is 361 g/mol. The number of aromatic carboxylic acids is 1. The van der Waals surface area contributed by atoms with Gasteiger partial charge in [0, 0.05) is 11.6 Å². The van der Waals surface area contributed by atoms with E-state index in [9.17, 15) is 9.59 Å². The van der Waals surface area contributed by atoms with Crippen molar-refractivity contribution in [2.24, 2.45) is 0 Å². The van der Waals surface area contributed by atoms with Gasteiger partial charge in [0.25, 0.3) is 5.91 Å². The highest BCUT2D eigenvalue weighted by atomic mass is 35.5. The van der Waals surface area contributed by atoms with E-state index in [2.05, 4.69) is 9.97 Å². The molecule has 1 aromatic heterocycles. The Kier molecular flexibility index (Phi) is 4.96. The summed E-state index contributed by atoms with van der Waals surface area (Å²) in [5, 5.41) is 9.47. The molecular formula is C17H16ClN3O4. The fourth-order valence-corrected chi connectivity index (χ4v) is 3.02. The Morgan fingerprint density at radius 2 is 2.00 bits per heavy atom. The average molecular weight is 362 g/mol. The quantitative estimate of drug-likeness (QED) is 0.902. The maximum atomic E-state index is 12.7. The van der Waals surface area contributed by atoms with E-state index in [4.69, 9.17) is 21.4 Å². The van der Waals surface area contributed by atoms with Gasteiger partial charge in [-0.2, -0.15) is 0 Å². The molecule has 2 heterocycles. The van der Waals surface area contributed by atoms with Crippen molar-refractivity contribution in [3.8, 4) is 0 Å². The zero-order valence-corrected chi connectivity index (χ0v) is 14.2. The van der Waals surface area contributed by atoms with E-state index in [1.807, 2.05) is 25.1 Å². The van der Waals surface area contributed by atoms with Gasteiger partial charge in [0.1, 0.15) is 11.8 Å². The number of carbonyl (C=O) groups excluding carboxylic acids is 1. The van der Waals surface area contributed by atoms with E-state index in [1.165, 1.54) is 6.20 Å². The second kappa shape index (κ2) is 7.16. The normalized spacial score (nSPS) is 20.3. The summed E-state index contributed by atoms with van der Waals surface area (Å²) in [6.45, 7) is 2.69. The molecule has 1 saturated heterocycles. The zero-order chi connectivity index (χ0) is 18.0. The van der Waals surface area contributed by atoms with Crippen LogP contribution in [0.3, 0.4) is 0 Å². The van der Waals surface area contributed by atoms with E-state index < -0.39 is 5.97 Å². The Hall–Kier alpha value is -2.51. The molecule has 7 nitrogen and oxygen atoms in total. The van der Waals surface area contributed by atoms with Crippen LogP contribution in [0.25, 0.3) is 0 Å². The maximum Gasteiger partial charge on any atom is 0.356 e. The van der Waals surface area contributed by atoms with Gasteiger partial charge in [-0.15, -0.1) is 0 Å². The van der Waals surface area contributed by atoms with Crippen molar-refractivity contribution >= 4 is 23.5 Å². The van der Waals surface area contributed by atoms with Crippen LogP contribution in [0, 0.1) is 0 Å². The van der Waals surface area contributed by atoms with E-state index in [1.54, 1.807) is 11.0 Å². The number of carboxylic acid groups (broad SMARTS) is 1. The second-order valence-electron chi connectivity index (χ2n) is 5.68. The van der Waals surface area contributed by atoms with Crippen molar-refractivity contribution in [3.05, 3.63) is 58.6 Å². The molecule has 0 aliphatic carbocycles. The number of ether oxygens (including phenoxy) is 1. The molecular weight excluding hydrogens is 346 g/mol. The molecule has 8 heteroatoms. The van der Waals surface area contributed by atoms with E-state index in [-0.39, 0.29) is 29.4 Å². The molecule has 0 bridgehead atoms. The van der Waals surface area contributed by atoms with Gasteiger partial charge in [0.2, 0.25) is 0 Å². The van der Waals surface area contributed by atoms with Crippen LogP contribution in [0.2, 0.25) is 5.02 Å². The Balaban J connectivity index is 1.81. The van der Waals surface area contributed by atoms with Crippen molar-refractivity contribution in [2.75, 3.05) is 13.2 Å². The third kappa shape index (κ3) is 3.62. The minimum atomic E-state index is -1.19. The third-order valence-electron chi connectivity index (χ3n) is 4.09. The molecule has 1 aliphatic rings. The minimum Gasteiger partial charge on any atom is -0.476 e. The van der Waals surface area contributed by atoms with Gasteiger partial charge < -0.3 is 14.7 Å². The van der Waals surface area contributed by atoms with Gasteiger partial charge in [0.15, 0.2) is 5.69 Å². The predicted molar refractivity (Wildman–Crippen MR) is 89.6 cm³/mol. The Labute approximate surface area is 149 Å². The number of rotatable bonds is 3. The molecule has 0 spiro atoms. The van der Waals surface area contributed by atoms with Gasteiger partial charge in [0.05, 0.1) is 25.0 Å². The molecule has 0 saturated carbocycles. The predicted octanol–water partition coefficient (Wildman–Crippen LogP) is 2.43. The number of carbonyl (C=O) groups is 2. The van der Waals surface area contributed by atoms with Crippen LogP contribution in [0.1, 0.15) is 39.6 Å². The molecule has 1 fully saturated rings. The van der Waals surface area contributed by atoms with Gasteiger partial charge in [-0.05, 0) is 24.6 Å². The van der Waals surface area contributed by atoms with Crippen molar-refractivity contribution < 1.29 is 19.4 Å². The van der Waals surface area contributed by atoms with Crippen LogP contribution in [0.4, 0.5) is 0 Å². The molecule has 130 valence electrons. The first-order chi connectivity index (χ1) is 12.0. The van der Waals surface area contributed by atoms with Crippen molar-refractivity contribution in [2.45, 2.75) is 19.1 Å². The van der Waals surface area contributed by atoms with Crippen LogP contribution < -0.4 is 0 Å². The number of morpholine rings is 1. The first-order valence-corrected chi connectivity index (χ1v) is 8.08. The number of nitrogens with zero attached hydrogens (tertiary/aromatic N) is 3. The highest BCUT2D eigenvalue weighted by Gasteiger charge is 2.34. The summed E-state index contributed by atoms with van der Waals surface area (Å²) in [4.78, 5) is 32.9. The van der Waals surface area contributed by atoms with Gasteiger partial charge in [-0.1, -0.05) is 23.7 Å². The van der Waals surface area contributed by atoms with Gasteiger partial charge in [-0.3, -0.25) is 4.79 Å². The number of hydrogen-bond donors (Lipinski definition) is 1. The highest BCUT2D eigenvalue weighted by Crippen LogP contribution is 2.30. The lowest BCUT2D eigenvalue weighted by molar-refractivity contribution is -0.0553. The first kappa shape index (κ1) is 17.3. The third-order valence-corrected chi connectivity index (χ3v) is 4.32. The molecule has 1 amide bonds. The SMILES string of the molecule is C[C@@H]1[C@@H](c2cccc(Cl)c2)OCCN1C(=O)c1cnc(C(=O)O)cn1. The fraction of sp³-hybridized carbons (Fsp3) is 0.294. The summed E-state index contributed by atoms with van der Waals surface area (Å²) in [6, 6.07) is 7.10. The lowest BCUT2D eigenvalue weighted by atomic mass is 10.0. The second-order valence-corrected chi connectivity index (χ2v) is 6.11. The molecule has 1 aliphatic heterocycles. The molecule has 25 heavy (non-hydrogen) atoms. The number of halogens is 1. The van der Waals surface area contributed by atoms with E-state index in [0.29, 0.717) is 18.2 Å². The number of hydrogen-bond acceptors (Lipinski definition) is 5.